The predicted octanol–water partition coefficient (Wildman–Crippen LogP) is 3.01. The molecule has 0 spiro atoms. The van der Waals surface area contributed by atoms with Crippen molar-refractivity contribution in [2.24, 2.45) is 0 Å². The van der Waals surface area contributed by atoms with Crippen LogP contribution in [0.15, 0.2) is 47.1 Å². The number of pyridine rings is 1. The van der Waals surface area contributed by atoms with E-state index in [-0.39, 0.29) is 0 Å². The van der Waals surface area contributed by atoms with Crippen LogP contribution in [0.4, 0.5) is 5.82 Å². The maximum absolute atomic E-state index is 5.61. The Morgan fingerprint density at radius 3 is 2.56 bits per heavy atom. The normalized spacial score (nSPS) is 10.1. The Kier molecular flexibility index (Phi) is 3.41. The van der Waals surface area contributed by atoms with E-state index in [0.717, 1.165) is 5.56 Å². The number of ether oxygens (including phenoxy) is 1. The Hall–Kier alpha value is -1.55. The van der Waals surface area contributed by atoms with Crippen molar-refractivity contribution in [2.75, 3.05) is 5.73 Å². The zero-order valence-corrected chi connectivity index (χ0v) is 10.1. The summed E-state index contributed by atoms with van der Waals surface area (Å²) in [5, 5.41) is 0. The van der Waals surface area contributed by atoms with Gasteiger partial charge in [-0.15, -0.1) is 0 Å². The largest absolute Gasteiger partial charge is 0.486 e. The molecule has 0 saturated carbocycles. The molecular formula is C12H11BrN2O. The van der Waals surface area contributed by atoms with Gasteiger partial charge in [-0.25, -0.2) is 4.98 Å². The molecule has 1 aromatic carbocycles. The van der Waals surface area contributed by atoms with Gasteiger partial charge in [0.2, 0.25) is 0 Å². The standard InChI is InChI=1S/C12H11BrN2O/c13-12-10(6-7-11(14)15-12)16-8-9-4-2-1-3-5-9/h1-7H,8H2,(H2,14,15). The maximum Gasteiger partial charge on any atom is 0.152 e. The molecule has 0 atom stereocenters. The van der Waals surface area contributed by atoms with E-state index in [1.807, 2.05) is 30.3 Å². The lowest BCUT2D eigenvalue weighted by molar-refractivity contribution is 0.303. The summed E-state index contributed by atoms with van der Waals surface area (Å²) in [6.07, 6.45) is 0. The van der Waals surface area contributed by atoms with Crippen LogP contribution in [0.2, 0.25) is 0 Å². The molecule has 0 fully saturated rings. The van der Waals surface area contributed by atoms with Gasteiger partial charge >= 0.3 is 0 Å². The molecule has 2 N–H and O–H groups in total. The zero-order valence-electron chi connectivity index (χ0n) is 8.56. The summed E-state index contributed by atoms with van der Waals surface area (Å²) in [6, 6.07) is 13.5. The van der Waals surface area contributed by atoms with E-state index >= 15 is 0 Å². The summed E-state index contributed by atoms with van der Waals surface area (Å²) in [7, 11) is 0. The highest BCUT2D eigenvalue weighted by Crippen LogP contribution is 2.24. The predicted molar refractivity (Wildman–Crippen MR) is 67.1 cm³/mol. The third kappa shape index (κ3) is 2.73. The van der Waals surface area contributed by atoms with Crippen molar-refractivity contribution in [3.63, 3.8) is 0 Å². The minimum atomic E-state index is 0.471. The minimum Gasteiger partial charge on any atom is -0.486 e. The molecule has 0 unspecified atom stereocenters. The molecule has 0 radical (unpaired) electrons. The Labute approximate surface area is 102 Å². The fraction of sp³-hybridized carbons (Fsp3) is 0.0833. The highest BCUT2D eigenvalue weighted by Gasteiger charge is 2.02. The fourth-order valence-corrected chi connectivity index (χ4v) is 1.73. The summed E-state index contributed by atoms with van der Waals surface area (Å²) in [6.45, 7) is 0.519. The second kappa shape index (κ2) is 4.99. The van der Waals surface area contributed by atoms with Crippen molar-refractivity contribution < 1.29 is 4.74 Å². The summed E-state index contributed by atoms with van der Waals surface area (Å²) < 4.78 is 6.24. The first-order chi connectivity index (χ1) is 7.75. The summed E-state index contributed by atoms with van der Waals surface area (Å²) in [5.41, 5.74) is 6.65. The third-order valence-corrected chi connectivity index (χ3v) is 2.64. The van der Waals surface area contributed by atoms with Gasteiger partial charge in [-0.1, -0.05) is 30.3 Å². The molecule has 0 amide bonds. The Balaban J connectivity index is 2.05. The number of nitrogens with two attached hydrogens (primary N) is 1. The van der Waals surface area contributed by atoms with Gasteiger partial charge < -0.3 is 10.5 Å². The van der Waals surface area contributed by atoms with Crippen LogP contribution in [0.1, 0.15) is 5.56 Å². The average molecular weight is 279 g/mol. The molecule has 2 rings (SSSR count). The number of nitrogens with zero attached hydrogens (tertiary/aromatic N) is 1. The number of hydrogen-bond acceptors (Lipinski definition) is 3. The molecule has 0 aliphatic rings. The van der Waals surface area contributed by atoms with Crippen molar-refractivity contribution in [1.82, 2.24) is 4.98 Å². The molecule has 0 aliphatic heterocycles. The fourth-order valence-electron chi connectivity index (χ4n) is 1.28. The highest BCUT2D eigenvalue weighted by atomic mass is 79.9. The zero-order chi connectivity index (χ0) is 11.4. The molecule has 2 aromatic rings. The van der Waals surface area contributed by atoms with Gasteiger partial charge in [-0.05, 0) is 33.6 Å². The molecule has 3 nitrogen and oxygen atoms in total. The number of rotatable bonds is 3. The molecule has 0 bridgehead atoms. The van der Waals surface area contributed by atoms with Crippen LogP contribution < -0.4 is 10.5 Å². The molecule has 16 heavy (non-hydrogen) atoms. The second-order valence-corrected chi connectivity index (χ2v) is 4.05. The average Bonchev–Trinajstić information content (AvgIpc) is 2.29. The maximum atomic E-state index is 5.61. The lowest BCUT2D eigenvalue weighted by atomic mass is 10.2. The van der Waals surface area contributed by atoms with Crippen molar-refractivity contribution in [2.45, 2.75) is 6.61 Å². The third-order valence-electron chi connectivity index (χ3n) is 2.07. The number of hydrogen-bond donors (Lipinski definition) is 1. The van der Waals surface area contributed by atoms with Crippen molar-refractivity contribution in [3.8, 4) is 5.75 Å². The first-order valence-corrected chi connectivity index (χ1v) is 5.64. The SMILES string of the molecule is Nc1ccc(OCc2ccccc2)c(Br)n1. The Morgan fingerprint density at radius 1 is 1.12 bits per heavy atom. The number of halogens is 1. The van der Waals surface area contributed by atoms with Crippen LogP contribution in [0.25, 0.3) is 0 Å². The van der Waals surface area contributed by atoms with Crippen LogP contribution in [0.5, 0.6) is 5.75 Å². The lowest BCUT2D eigenvalue weighted by Gasteiger charge is -2.07. The van der Waals surface area contributed by atoms with Crippen LogP contribution in [0, 0.1) is 0 Å². The molecule has 1 aromatic heterocycles. The topological polar surface area (TPSA) is 48.1 Å². The second-order valence-electron chi connectivity index (χ2n) is 3.30. The van der Waals surface area contributed by atoms with Crippen molar-refractivity contribution in [3.05, 3.63) is 52.6 Å². The van der Waals surface area contributed by atoms with E-state index in [0.29, 0.717) is 22.8 Å². The van der Waals surface area contributed by atoms with Gasteiger partial charge in [0.05, 0.1) is 0 Å². The van der Waals surface area contributed by atoms with E-state index < -0.39 is 0 Å². The smallest absolute Gasteiger partial charge is 0.152 e. The molecule has 0 saturated heterocycles. The lowest BCUT2D eigenvalue weighted by Crippen LogP contribution is -1.98. The minimum absolute atomic E-state index is 0.471. The van der Waals surface area contributed by atoms with Crippen LogP contribution in [0.3, 0.4) is 0 Å². The molecule has 82 valence electrons. The molecule has 4 heteroatoms. The van der Waals surface area contributed by atoms with Gasteiger partial charge in [0.1, 0.15) is 17.0 Å². The van der Waals surface area contributed by atoms with Gasteiger partial charge in [0.25, 0.3) is 0 Å². The number of nitrogen functional groups attached to an aromatic ring is 1. The number of aromatic nitrogens is 1. The first kappa shape index (κ1) is 11.0. The number of anilines is 1. The monoisotopic (exact) mass is 278 g/mol. The first-order valence-electron chi connectivity index (χ1n) is 4.84. The van der Waals surface area contributed by atoms with Crippen LogP contribution >= 0.6 is 15.9 Å². The van der Waals surface area contributed by atoms with Gasteiger partial charge in [0.15, 0.2) is 5.75 Å². The van der Waals surface area contributed by atoms with E-state index in [2.05, 4.69) is 20.9 Å². The van der Waals surface area contributed by atoms with Gasteiger partial charge in [-0.3, -0.25) is 0 Å². The summed E-state index contributed by atoms with van der Waals surface area (Å²) in [5.74, 6) is 1.16. The summed E-state index contributed by atoms with van der Waals surface area (Å²) in [4.78, 5) is 4.06. The van der Waals surface area contributed by atoms with Gasteiger partial charge in [0, 0.05) is 0 Å². The van der Waals surface area contributed by atoms with Crippen molar-refractivity contribution in [1.29, 1.82) is 0 Å². The quantitative estimate of drug-likeness (QED) is 0.878. The number of benzene rings is 1. The molecule has 1 heterocycles. The van der Waals surface area contributed by atoms with Crippen molar-refractivity contribution >= 4 is 21.7 Å². The highest BCUT2D eigenvalue weighted by molar-refractivity contribution is 9.10. The molecule has 0 aliphatic carbocycles. The van der Waals surface area contributed by atoms with E-state index in [1.165, 1.54) is 0 Å². The van der Waals surface area contributed by atoms with Gasteiger partial charge in [-0.2, -0.15) is 0 Å². The van der Waals surface area contributed by atoms with Crippen LogP contribution in [-0.4, -0.2) is 4.98 Å². The summed E-state index contributed by atoms with van der Waals surface area (Å²) >= 11 is 3.30. The van der Waals surface area contributed by atoms with E-state index in [9.17, 15) is 0 Å². The van der Waals surface area contributed by atoms with Crippen LogP contribution in [-0.2, 0) is 6.61 Å². The Bertz CT molecular complexity index is 474. The Morgan fingerprint density at radius 2 is 1.88 bits per heavy atom. The molecular weight excluding hydrogens is 268 g/mol. The van der Waals surface area contributed by atoms with E-state index in [1.54, 1.807) is 12.1 Å². The van der Waals surface area contributed by atoms with E-state index in [4.69, 9.17) is 10.5 Å².